The van der Waals surface area contributed by atoms with Gasteiger partial charge in [0.15, 0.2) is 5.78 Å². The minimum atomic E-state index is 0.000929. The van der Waals surface area contributed by atoms with Crippen LogP contribution in [0.1, 0.15) is 27.9 Å². The molecule has 1 aliphatic carbocycles. The van der Waals surface area contributed by atoms with E-state index < -0.39 is 0 Å². The van der Waals surface area contributed by atoms with E-state index in [1.54, 1.807) is 30.6 Å². The van der Waals surface area contributed by atoms with Crippen LogP contribution in [-0.2, 0) is 6.42 Å². The lowest BCUT2D eigenvalue weighted by Gasteiger charge is -2.18. The first-order chi connectivity index (χ1) is 9.25. The van der Waals surface area contributed by atoms with Crippen LogP contribution in [0.3, 0.4) is 0 Å². The molecule has 1 N–H and O–H groups in total. The zero-order chi connectivity index (χ0) is 13.2. The van der Waals surface area contributed by atoms with Crippen LogP contribution in [0.4, 0.5) is 0 Å². The summed E-state index contributed by atoms with van der Waals surface area (Å²) in [4.78, 5) is 16.4. The number of carbonyl (C=O) groups is 1. The lowest BCUT2D eigenvalue weighted by atomic mass is 9.85. The van der Waals surface area contributed by atoms with Gasteiger partial charge in [0.1, 0.15) is 5.75 Å². The third-order valence-corrected chi connectivity index (χ3v) is 3.36. The molecule has 3 rings (SSSR count). The molecule has 3 heteroatoms. The van der Waals surface area contributed by atoms with E-state index in [0.717, 1.165) is 16.7 Å². The van der Waals surface area contributed by atoms with Crippen molar-refractivity contribution in [1.82, 2.24) is 4.98 Å². The van der Waals surface area contributed by atoms with Gasteiger partial charge in [-0.25, -0.2) is 0 Å². The Balaban J connectivity index is 2.01. The first-order valence-corrected chi connectivity index (χ1v) is 6.22. The van der Waals surface area contributed by atoms with Crippen LogP contribution in [0.15, 0.2) is 48.3 Å². The van der Waals surface area contributed by atoms with Crippen molar-refractivity contribution in [2.75, 3.05) is 0 Å². The predicted molar refractivity (Wildman–Crippen MR) is 73.0 cm³/mol. The summed E-state index contributed by atoms with van der Waals surface area (Å²) in [6.45, 7) is 0. The first kappa shape index (κ1) is 11.7. The summed E-state index contributed by atoms with van der Waals surface area (Å²) in [5, 5.41) is 9.77. The Morgan fingerprint density at radius 2 is 2.05 bits per heavy atom. The summed E-state index contributed by atoms with van der Waals surface area (Å²) >= 11 is 0. The minimum absolute atomic E-state index is 0.000929. The van der Waals surface area contributed by atoms with Gasteiger partial charge in [0.05, 0.1) is 0 Å². The van der Waals surface area contributed by atoms with E-state index in [4.69, 9.17) is 0 Å². The summed E-state index contributed by atoms with van der Waals surface area (Å²) < 4.78 is 0. The van der Waals surface area contributed by atoms with Crippen molar-refractivity contribution in [2.24, 2.45) is 0 Å². The molecule has 0 spiro atoms. The summed E-state index contributed by atoms with van der Waals surface area (Å²) in [6, 6.07) is 8.87. The predicted octanol–water partition coefficient (Wildman–Crippen LogP) is 3.00. The number of benzene rings is 1. The summed E-state index contributed by atoms with van der Waals surface area (Å²) in [5.41, 5.74) is 3.07. The molecule has 0 unspecified atom stereocenters. The van der Waals surface area contributed by atoms with Gasteiger partial charge in [-0.2, -0.15) is 0 Å². The number of phenolic OH excluding ortho intramolecular Hbond substituents is 1. The van der Waals surface area contributed by atoms with Gasteiger partial charge in [0.25, 0.3) is 0 Å². The van der Waals surface area contributed by atoms with E-state index in [2.05, 4.69) is 4.98 Å². The molecular weight excluding hydrogens is 238 g/mol. The molecule has 3 nitrogen and oxygen atoms in total. The van der Waals surface area contributed by atoms with Gasteiger partial charge in [-0.3, -0.25) is 9.78 Å². The Bertz CT molecular complexity index is 660. The van der Waals surface area contributed by atoms with E-state index >= 15 is 0 Å². The van der Waals surface area contributed by atoms with Crippen LogP contribution in [0.25, 0.3) is 6.08 Å². The number of allylic oxidation sites excluding steroid dienone is 1. The van der Waals surface area contributed by atoms with E-state index in [1.165, 1.54) is 0 Å². The average molecular weight is 251 g/mol. The van der Waals surface area contributed by atoms with Crippen molar-refractivity contribution in [3.8, 4) is 5.75 Å². The Morgan fingerprint density at radius 1 is 1.16 bits per heavy atom. The third-order valence-electron chi connectivity index (χ3n) is 3.36. The zero-order valence-electron chi connectivity index (χ0n) is 10.3. The van der Waals surface area contributed by atoms with Crippen LogP contribution < -0.4 is 0 Å². The summed E-state index contributed by atoms with van der Waals surface area (Å²) in [6.07, 6.45) is 6.66. The van der Waals surface area contributed by atoms with Crippen LogP contribution in [0.5, 0.6) is 5.75 Å². The van der Waals surface area contributed by atoms with E-state index in [9.17, 15) is 9.90 Å². The van der Waals surface area contributed by atoms with Gasteiger partial charge in [-0.15, -0.1) is 0 Å². The van der Waals surface area contributed by atoms with Crippen LogP contribution in [-0.4, -0.2) is 15.9 Å². The number of hydrogen-bond acceptors (Lipinski definition) is 3. The van der Waals surface area contributed by atoms with Gasteiger partial charge >= 0.3 is 0 Å². The van der Waals surface area contributed by atoms with Gasteiger partial charge < -0.3 is 5.11 Å². The number of ketones is 1. The van der Waals surface area contributed by atoms with Crippen molar-refractivity contribution in [3.05, 3.63) is 65.0 Å². The number of carbonyl (C=O) groups excluding carboxylic acids is 1. The Kier molecular flexibility index (Phi) is 2.88. The van der Waals surface area contributed by atoms with Crippen molar-refractivity contribution in [2.45, 2.75) is 12.8 Å². The maximum absolute atomic E-state index is 12.4. The van der Waals surface area contributed by atoms with Crippen LogP contribution in [0, 0.1) is 0 Å². The zero-order valence-corrected chi connectivity index (χ0v) is 10.3. The number of hydrogen-bond donors (Lipinski definition) is 1. The number of nitrogens with zero attached hydrogens (tertiary/aromatic N) is 1. The smallest absolute Gasteiger partial charge is 0.189 e. The highest BCUT2D eigenvalue weighted by Crippen LogP contribution is 2.31. The monoisotopic (exact) mass is 251 g/mol. The van der Waals surface area contributed by atoms with Crippen molar-refractivity contribution in [3.63, 3.8) is 0 Å². The third kappa shape index (κ3) is 2.15. The summed E-state index contributed by atoms with van der Waals surface area (Å²) in [7, 11) is 0. The second-order valence-electron chi connectivity index (χ2n) is 4.59. The number of aromatic hydroxyl groups is 1. The highest BCUT2D eigenvalue weighted by molar-refractivity contribution is 6.13. The fourth-order valence-corrected chi connectivity index (χ4v) is 2.40. The Morgan fingerprint density at radius 3 is 2.84 bits per heavy atom. The molecule has 0 saturated heterocycles. The molecule has 94 valence electrons. The molecule has 2 aromatic rings. The van der Waals surface area contributed by atoms with Gasteiger partial charge in [-0.1, -0.05) is 18.2 Å². The maximum Gasteiger partial charge on any atom is 0.189 e. The number of aromatic nitrogens is 1. The standard InChI is InChI=1S/C16H13NO2/c18-15-5-1-4-14-13(15)7-6-12(16(14)19)9-11-3-2-8-17-10-11/h1-5,8-10,18H,6-7H2/b12-9+. The number of phenols is 1. The molecule has 1 aromatic heterocycles. The fourth-order valence-electron chi connectivity index (χ4n) is 2.40. The topological polar surface area (TPSA) is 50.2 Å². The fraction of sp³-hybridized carbons (Fsp3) is 0.125. The van der Waals surface area contributed by atoms with Crippen molar-refractivity contribution in [1.29, 1.82) is 0 Å². The molecule has 0 atom stereocenters. The number of fused-ring (bicyclic) bond motifs is 1. The van der Waals surface area contributed by atoms with E-state index in [-0.39, 0.29) is 11.5 Å². The molecule has 0 amide bonds. The second-order valence-corrected chi connectivity index (χ2v) is 4.59. The molecule has 0 bridgehead atoms. The van der Waals surface area contributed by atoms with Gasteiger partial charge in [0, 0.05) is 29.1 Å². The van der Waals surface area contributed by atoms with E-state index in [1.807, 2.05) is 18.2 Å². The average Bonchev–Trinajstić information content (AvgIpc) is 2.44. The van der Waals surface area contributed by atoms with Crippen molar-refractivity contribution >= 4 is 11.9 Å². The number of rotatable bonds is 1. The highest BCUT2D eigenvalue weighted by Gasteiger charge is 2.23. The molecule has 0 fully saturated rings. The number of pyridine rings is 1. The normalized spacial score (nSPS) is 16.4. The quantitative estimate of drug-likeness (QED) is 0.793. The van der Waals surface area contributed by atoms with Crippen LogP contribution >= 0.6 is 0 Å². The van der Waals surface area contributed by atoms with Gasteiger partial charge in [0.2, 0.25) is 0 Å². The van der Waals surface area contributed by atoms with E-state index in [0.29, 0.717) is 18.4 Å². The Hall–Kier alpha value is -2.42. The van der Waals surface area contributed by atoms with Crippen molar-refractivity contribution < 1.29 is 9.90 Å². The first-order valence-electron chi connectivity index (χ1n) is 6.22. The van der Waals surface area contributed by atoms with Crippen LogP contribution in [0.2, 0.25) is 0 Å². The molecule has 1 heterocycles. The second kappa shape index (κ2) is 4.69. The molecular formula is C16H13NO2. The number of Topliss-reactive ketones (excluding diaryl/α,β-unsaturated/α-hetero) is 1. The van der Waals surface area contributed by atoms with Gasteiger partial charge in [-0.05, 0) is 36.6 Å². The summed E-state index contributed by atoms with van der Waals surface area (Å²) in [5.74, 6) is 0.215. The largest absolute Gasteiger partial charge is 0.508 e. The maximum atomic E-state index is 12.4. The minimum Gasteiger partial charge on any atom is -0.508 e. The molecule has 19 heavy (non-hydrogen) atoms. The molecule has 0 radical (unpaired) electrons. The SMILES string of the molecule is O=C1/C(=C/c2cccnc2)CCc2c(O)cccc21. The molecule has 1 aromatic carbocycles. The Labute approximate surface area is 111 Å². The highest BCUT2D eigenvalue weighted by atomic mass is 16.3. The molecule has 1 aliphatic rings. The lowest BCUT2D eigenvalue weighted by Crippen LogP contribution is -2.14. The lowest BCUT2D eigenvalue weighted by molar-refractivity contribution is 0.102. The molecule has 0 saturated carbocycles. The molecule has 0 aliphatic heterocycles.